The SMILES string of the molecule is CNc1c(Br)cccc1C(=N)C=O. The van der Waals surface area contributed by atoms with Crippen LogP contribution in [-0.4, -0.2) is 19.0 Å². The number of anilines is 1. The number of aldehydes is 1. The molecule has 0 radical (unpaired) electrons. The normalized spacial score (nSPS) is 9.38. The Morgan fingerprint density at radius 3 is 2.85 bits per heavy atom. The Morgan fingerprint density at radius 2 is 2.31 bits per heavy atom. The van der Waals surface area contributed by atoms with E-state index >= 15 is 0 Å². The van der Waals surface area contributed by atoms with Crippen molar-refractivity contribution in [3.8, 4) is 0 Å². The molecule has 0 spiro atoms. The van der Waals surface area contributed by atoms with Crippen molar-refractivity contribution in [2.75, 3.05) is 12.4 Å². The summed E-state index contributed by atoms with van der Waals surface area (Å²) in [7, 11) is 1.75. The standard InChI is InChI=1S/C9H9BrN2O/c1-12-9-6(8(11)5-13)3-2-4-7(9)10/h2-5,11-12H,1H3. The summed E-state index contributed by atoms with van der Waals surface area (Å²) in [6, 6.07) is 5.37. The number of para-hydroxylation sites is 1. The summed E-state index contributed by atoms with van der Waals surface area (Å²) in [5.41, 5.74) is 1.34. The van der Waals surface area contributed by atoms with Gasteiger partial charge < -0.3 is 5.32 Å². The van der Waals surface area contributed by atoms with Crippen molar-refractivity contribution in [1.29, 1.82) is 5.41 Å². The maximum atomic E-state index is 10.4. The Kier molecular flexibility index (Phi) is 3.19. The molecule has 0 aliphatic heterocycles. The van der Waals surface area contributed by atoms with Crippen molar-refractivity contribution in [3.63, 3.8) is 0 Å². The van der Waals surface area contributed by atoms with Crippen LogP contribution in [0.5, 0.6) is 0 Å². The molecule has 0 atom stereocenters. The van der Waals surface area contributed by atoms with E-state index in [-0.39, 0.29) is 5.71 Å². The molecule has 4 heteroatoms. The molecule has 0 fully saturated rings. The molecule has 1 aromatic rings. The van der Waals surface area contributed by atoms with Gasteiger partial charge in [0.15, 0.2) is 6.29 Å². The molecule has 0 unspecified atom stereocenters. The molecule has 0 aromatic heterocycles. The molecule has 1 aromatic carbocycles. The molecule has 3 nitrogen and oxygen atoms in total. The first-order valence-corrected chi connectivity index (χ1v) is 4.50. The van der Waals surface area contributed by atoms with E-state index < -0.39 is 0 Å². The van der Waals surface area contributed by atoms with Crippen molar-refractivity contribution >= 4 is 33.6 Å². The first kappa shape index (κ1) is 9.92. The van der Waals surface area contributed by atoms with E-state index in [9.17, 15) is 4.79 Å². The fraction of sp³-hybridized carbons (Fsp3) is 0.111. The Balaban J connectivity index is 3.27. The van der Waals surface area contributed by atoms with Crippen LogP contribution in [0.15, 0.2) is 22.7 Å². The minimum absolute atomic E-state index is 0.0225. The second-order valence-corrected chi connectivity index (χ2v) is 3.30. The molecular weight excluding hydrogens is 232 g/mol. The molecule has 0 heterocycles. The molecule has 0 bridgehead atoms. The van der Waals surface area contributed by atoms with Gasteiger partial charge in [-0.05, 0) is 22.0 Å². The third kappa shape index (κ3) is 1.95. The van der Waals surface area contributed by atoms with E-state index in [2.05, 4.69) is 21.2 Å². The molecular formula is C9H9BrN2O. The zero-order chi connectivity index (χ0) is 9.84. The van der Waals surface area contributed by atoms with Gasteiger partial charge in [-0.2, -0.15) is 0 Å². The molecule has 0 aliphatic rings. The number of hydrogen-bond acceptors (Lipinski definition) is 3. The highest BCUT2D eigenvalue weighted by Gasteiger charge is 2.08. The molecule has 0 aliphatic carbocycles. The first-order valence-electron chi connectivity index (χ1n) is 3.71. The molecule has 68 valence electrons. The molecule has 0 saturated carbocycles. The second kappa shape index (κ2) is 4.18. The van der Waals surface area contributed by atoms with Crippen molar-refractivity contribution in [2.24, 2.45) is 0 Å². The minimum Gasteiger partial charge on any atom is -0.387 e. The molecule has 13 heavy (non-hydrogen) atoms. The van der Waals surface area contributed by atoms with E-state index in [1.165, 1.54) is 0 Å². The van der Waals surface area contributed by atoms with Gasteiger partial charge in [0.25, 0.3) is 0 Å². The van der Waals surface area contributed by atoms with Gasteiger partial charge in [0.05, 0.1) is 5.69 Å². The highest BCUT2D eigenvalue weighted by molar-refractivity contribution is 9.10. The van der Waals surface area contributed by atoms with Crippen LogP contribution in [0.25, 0.3) is 0 Å². The lowest BCUT2D eigenvalue weighted by molar-refractivity contribution is -0.102. The van der Waals surface area contributed by atoms with Gasteiger partial charge in [0, 0.05) is 17.1 Å². The van der Waals surface area contributed by atoms with Gasteiger partial charge in [-0.3, -0.25) is 10.2 Å². The van der Waals surface area contributed by atoms with E-state index in [0.717, 1.165) is 10.2 Å². The zero-order valence-electron chi connectivity index (χ0n) is 7.10. The number of benzene rings is 1. The summed E-state index contributed by atoms with van der Waals surface area (Å²) in [6.07, 6.45) is 0.530. The average Bonchev–Trinajstić information content (AvgIpc) is 2.16. The maximum Gasteiger partial charge on any atom is 0.168 e. The zero-order valence-corrected chi connectivity index (χ0v) is 8.68. The first-order chi connectivity index (χ1) is 6.20. The van der Waals surface area contributed by atoms with Crippen LogP contribution in [0, 0.1) is 5.41 Å². The lowest BCUT2D eigenvalue weighted by atomic mass is 10.1. The van der Waals surface area contributed by atoms with E-state index in [1.807, 2.05) is 6.07 Å². The van der Waals surface area contributed by atoms with Gasteiger partial charge in [-0.15, -0.1) is 0 Å². The molecule has 0 saturated heterocycles. The average molecular weight is 241 g/mol. The summed E-state index contributed by atoms with van der Waals surface area (Å²) >= 11 is 3.33. The van der Waals surface area contributed by atoms with Crippen molar-refractivity contribution in [2.45, 2.75) is 0 Å². The second-order valence-electron chi connectivity index (χ2n) is 2.44. The summed E-state index contributed by atoms with van der Waals surface area (Å²) in [5, 5.41) is 10.3. The number of carbonyl (C=O) groups is 1. The van der Waals surface area contributed by atoms with Crippen LogP contribution in [0.3, 0.4) is 0 Å². The predicted octanol–water partition coefficient (Wildman–Crippen LogP) is 2.06. The smallest absolute Gasteiger partial charge is 0.168 e. The number of nitrogens with one attached hydrogen (secondary N) is 2. The van der Waals surface area contributed by atoms with Gasteiger partial charge in [-0.25, -0.2) is 0 Å². The van der Waals surface area contributed by atoms with Gasteiger partial charge in [-0.1, -0.05) is 12.1 Å². The minimum atomic E-state index is -0.0225. The number of rotatable bonds is 3. The van der Waals surface area contributed by atoms with Gasteiger partial charge in [0.1, 0.15) is 5.71 Å². The Hall–Kier alpha value is -1.16. The van der Waals surface area contributed by atoms with Gasteiger partial charge >= 0.3 is 0 Å². The van der Waals surface area contributed by atoms with Crippen LogP contribution in [-0.2, 0) is 4.79 Å². The topological polar surface area (TPSA) is 53.0 Å². The van der Waals surface area contributed by atoms with Crippen LogP contribution >= 0.6 is 15.9 Å². The van der Waals surface area contributed by atoms with Crippen LogP contribution in [0.4, 0.5) is 5.69 Å². The van der Waals surface area contributed by atoms with Crippen molar-refractivity contribution in [1.82, 2.24) is 0 Å². The Bertz CT molecular complexity index is 349. The number of hydrogen-bond donors (Lipinski definition) is 2. The summed E-state index contributed by atoms with van der Waals surface area (Å²) in [6.45, 7) is 0. The Morgan fingerprint density at radius 1 is 1.62 bits per heavy atom. The molecule has 0 amide bonds. The third-order valence-corrected chi connectivity index (χ3v) is 2.33. The molecule has 1 rings (SSSR count). The van der Waals surface area contributed by atoms with Crippen molar-refractivity contribution < 1.29 is 4.79 Å². The third-order valence-electron chi connectivity index (χ3n) is 1.67. The summed E-state index contributed by atoms with van der Waals surface area (Å²) < 4.78 is 0.846. The highest BCUT2D eigenvalue weighted by Crippen LogP contribution is 2.25. The van der Waals surface area contributed by atoms with Gasteiger partial charge in [0.2, 0.25) is 0 Å². The molecule has 2 N–H and O–H groups in total. The van der Waals surface area contributed by atoms with E-state index in [1.54, 1.807) is 19.2 Å². The van der Waals surface area contributed by atoms with Crippen molar-refractivity contribution in [3.05, 3.63) is 28.2 Å². The van der Waals surface area contributed by atoms with Crippen LogP contribution < -0.4 is 5.32 Å². The van der Waals surface area contributed by atoms with E-state index in [0.29, 0.717) is 11.8 Å². The fourth-order valence-corrected chi connectivity index (χ4v) is 1.63. The predicted molar refractivity (Wildman–Crippen MR) is 56.6 cm³/mol. The summed E-state index contributed by atoms with van der Waals surface area (Å²) in [5.74, 6) is 0. The largest absolute Gasteiger partial charge is 0.387 e. The number of halogens is 1. The van der Waals surface area contributed by atoms with Crippen LogP contribution in [0.1, 0.15) is 5.56 Å². The lowest BCUT2D eigenvalue weighted by Crippen LogP contribution is -2.05. The Labute approximate surface area is 84.8 Å². The summed E-state index contributed by atoms with van der Waals surface area (Å²) in [4.78, 5) is 10.4. The van der Waals surface area contributed by atoms with Crippen LogP contribution in [0.2, 0.25) is 0 Å². The fourth-order valence-electron chi connectivity index (χ4n) is 1.07. The highest BCUT2D eigenvalue weighted by atomic mass is 79.9. The number of carbonyl (C=O) groups excluding carboxylic acids is 1. The van der Waals surface area contributed by atoms with E-state index in [4.69, 9.17) is 5.41 Å². The lowest BCUT2D eigenvalue weighted by Gasteiger charge is -2.08. The quantitative estimate of drug-likeness (QED) is 0.628. The monoisotopic (exact) mass is 240 g/mol. The maximum absolute atomic E-state index is 10.4.